The quantitative estimate of drug-likeness (QED) is 0.807. The van der Waals surface area contributed by atoms with Crippen LogP contribution in [0.3, 0.4) is 0 Å². The zero-order valence-corrected chi connectivity index (χ0v) is 15.1. The van der Waals surface area contributed by atoms with Crippen LogP contribution in [0.4, 0.5) is 0 Å². The van der Waals surface area contributed by atoms with E-state index in [1.807, 2.05) is 17.0 Å². The van der Waals surface area contributed by atoms with Crippen molar-refractivity contribution in [3.63, 3.8) is 0 Å². The van der Waals surface area contributed by atoms with Crippen LogP contribution in [0, 0.1) is 5.92 Å². The van der Waals surface area contributed by atoms with E-state index in [1.54, 1.807) is 6.07 Å². The van der Waals surface area contributed by atoms with Crippen molar-refractivity contribution >= 4 is 5.91 Å². The van der Waals surface area contributed by atoms with Crippen LogP contribution in [0.2, 0.25) is 0 Å². The van der Waals surface area contributed by atoms with Gasteiger partial charge >= 0.3 is 0 Å². The smallest absolute Gasteiger partial charge is 0.254 e. The molecule has 3 fully saturated rings. The molecule has 3 unspecified atom stereocenters. The maximum Gasteiger partial charge on any atom is 0.254 e. The molecule has 5 rings (SSSR count). The Morgan fingerprint density at radius 3 is 2.88 bits per heavy atom. The first-order valence-electron chi connectivity index (χ1n) is 9.84. The molecule has 2 saturated heterocycles. The highest BCUT2D eigenvalue weighted by Gasteiger charge is 2.49. The first-order chi connectivity index (χ1) is 12.8. The van der Waals surface area contributed by atoms with E-state index in [1.165, 1.54) is 32.4 Å². The largest absolute Gasteiger partial charge is 0.454 e. The molecule has 0 N–H and O–H groups in total. The van der Waals surface area contributed by atoms with Gasteiger partial charge in [0.2, 0.25) is 6.79 Å². The number of amides is 1. The Balaban J connectivity index is 1.22. The number of nitrogens with zero attached hydrogens (tertiary/aromatic N) is 2. The number of rotatable bonds is 5. The summed E-state index contributed by atoms with van der Waals surface area (Å²) in [4.78, 5) is 17.5. The Kier molecular flexibility index (Phi) is 4.25. The molecule has 2 bridgehead atoms. The van der Waals surface area contributed by atoms with E-state index in [4.69, 9.17) is 14.2 Å². The molecule has 1 amide bonds. The molecule has 1 aliphatic carbocycles. The van der Waals surface area contributed by atoms with Crippen LogP contribution < -0.4 is 9.47 Å². The maximum absolute atomic E-state index is 13.0. The van der Waals surface area contributed by atoms with Gasteiger partial charge in [-0.1, -0.05) is 0 Å². The lowest BCUT2D eigenvalue weighted by Gasteiger charge is -2.27. The van der Waals surface area contributed by atoms with E-state index in [0.717, 1.165) is 26.1 Å². The molecule has 4 aliphatic rings. The van der Waals surface area contributed by atoms with Gasteiger partial charge in [0, 0.05) is 24.6 Å². The molecule has 3 aliphatic heterocycles. The van der Waals surface area contributed by atoms with Crippen molar-refractivity contribution < 1.29 is 19.0 Å². The van der Waals surface area contributed by atoms with Crippen LogP contribution in [0.25, 0.3) is 0 Å². The number of piperidine rings is 1. The summed E-state index contributed by atoms with van der Waals surface area (Å²) in [7, 11) is 0. The van der Waals surface area contributed by atoms with Gasteiger partial charge in [0.05, 0.1) is 18.8 Å². The molecule has 1 aromatic rings. The van der Waals surface area contributed by atoms with Crippen molar-refractivity contribution in [1.82, 2.24) is 9.80 Å². The number of carbonyl (C=O) groups excluding carboxylic acids is 1. The second kappa shape index (κ2) is 6.74. The number of hydrogen-bond acceptors (Lipinski definition) is 5. The van der Waals surface area contributed by atoms with Crippen LogP contribution >= 0.6 is 0 Å². The SMILES string of the molecule is O=C(c1ccc2c(c1)OCO2)N1CC2CCC1C2OCCN1CCCC1. The van der Waals surface area contributed by atoms with Gasteiger partial charge in [0.25, 0.3) is 5.91 Å². The Labute approximate surface area is 154 Å². The highest BCUT2D eigenvalue weighted by molar-refractivity contribution is 5.95. The monoisotopic (exact) mass is 358 g/mol. The number of hydrogen-bond donors (Lipinski definition) is 0. The summed E-state index contributed by atoms with van der Waals surface area (Å²) in [6.07, 6.45) is 5.05. The molecule has 3 atom stereocenters. The number of likely N-dealkylation sites (tertiary alicyclic amines) is 2. The number of ether oxygens (including phenoxy) is 3. The van der Waals surface area contributed by atoms with Crippen LogP contribution in [0.1, 0.15) is 36.0 Å². The van der Waals surface area contributed by atoms with Crippen LogP contribution in [-0.4, -0.2) is 67.4 Å². The van der Waals surface area contributed by atoms with Gasteiger partial charge in [0.15, 0.2) is 11.5 Å². The van der Waals surface area contributed by atoms with E-state index in [2.05, 4.69) is 4.90 Å². The predicted octanol–water partition coefficient (Wildman–Crippen LogP) is 2.13. The molecule has 3 heterocycles. The lowest BCUT2D eigenvalue weighted by Crippen LogP contribution is -2.40. The molecule has 0 aromatic heterocycles. The summed E-state index contributed by atoms with van der Waals surface area (Å²) in [5.74, 6) is 1.95. The summed E-state index contributed by atoms with van der Waals surface area (Å²) in [5.41, 5.74) is 0.678. The van der Waals surface area contributed by atoms with Crippen LogP contribution in [0.15, 0.2) is 18.2 Å². The lowest BCUT2D eigenvalue weighted by molar-refractivity contribution is 0.0177. The summed E-state index contributed by atoms with van der Waals surface area (Å²) >= 11 is 0. The zero-order chi connectivity index (χ0) is 17.5. The molecule has 140 valence electrons. The molecule has 6 heteroatoms. The fourth-order valence-electron chi connectivity index (χ4n) is 4.94. The van der Waals surface area contributed by atoms with Crippen molar-refractivity contribution in [2.24, 2.45) is 5.92 Å². The molecule has 0 spiro atoms. The van der Waals surface area contributed by atoms with Gasteiger partial charge in [-0.3, -0.25) is 4.79 Å². The molecule has 6 nitrogen and oxygen atoms in total. The normalized spacial score (nSPS) is 29.7. The average molecular weight is 358 g/mol. The average Bonchev–Trinajstić information content (AvgIpc) is 3.45. The lowest BCUT2D eigenvalue weighted by atomic mass is 10.1. The van der Waals surface area contributed by atoms with Crippen molar-refractivity contribution in [3.05, 3.63) is 23.8 Å². The number of carbonyl (C=O) groups is 1. The van der Waals surface area contributed by atoms with Gasteiger partial charge in [-0.15, -0.1) is 0 Å². The van der Waals surface area contributed by atoms with E-state index >= 15 is 0 Å². The summed E-state index contributed by atoms with van der Waals surface area (Å²) in [5, 5.41) is 0. The third-order valence-corrected chi connectivity index (χ3v) is 6.31. The molecule has 1 aromatic carbocycles. The van der Waals surface area contributed by atoms with E-state index in [-0.39, 0.29) is 24.8 Å². The second-order valence-corrected chi connectivity index (χ2v) is 7.81. The third kappa shape index (κ3) is 2.85. The Hall–Kier alpha value is -1.79. The first kappa shape index (κ1) is 16.4. The van der Waals surface area contributed by atoms with Crippen molar-refractivity contribution in [2.75, 3.05) is 39.6 Å². The van der Waals surface area contributed by atoms with E-state index in [9.17, 15) is 4.79 Å². The fraction of sp³-hybridized carbons (Fsp3) is 0.650. The molecular formula is C20H26N2O4. The van der Waals surface area contributed by atoms with E-state index in [0.29, 0.717) is 23.0 Å². The highest BCUT2D eigenvalue weighted by Crippen LogP contribution is 2.41. The first-order valence-corrected chi connectivity index (χ1v) is 9.84. The minimum Gasteiger partial charge on any atom is -0.454 e. The Morgan fingerprint density at radius 2 is 2.00 bits per heavy atom. The molecule has 26 heavy (non-hydrogen) atoms. The van der Waals surface area contributed by atoms with E-state index < -0.39 is 0 Å². The van der Waals surface area contributed by atoms with Crippen molar-refractivity contribution in [2.45, 2.75) is 37.8 Å². The number of benzene rings is 1. The highest BCUT2D eigenvalue weighted by atomic mass is 16.7. The minimum atomic E-state index is 0.0867. The zero-order valence-electron chi connectivity index (χ0n) is 15.1. The maximum atomic E-state index is 13.0. The summed E-state index contributed by atoms with van der Waals surface area (Å²) in [6.45, 7) is 5.25. The Morgan fingerprint density at radius 1 is 1.15 bits per heavy atom. The summed E-state index contributed by atoms with van der Waals surface area (Å²) in [6, 6.07) is 5.69. The molecule has 0 radical (unpaired) electrons. The van der Waals surface area contributed by atoms with Gasteiger partial charge in [-0.2, -0.15) is 0 Å². The second-order valence-electron chi connectivity index (χ2n) is 7.81. The van der Waals surface area contributed by atoms with Gasteiger partial charge in [0.1, 0.15) is 0 Å². The standard InChI is InChI=1S/C20H26N2O4/c23-20(14-4-6-17-18(11-14)26-13-25-17)22-12-15-3-5-16(22)19(15)24-10-9-21-7-1-2-8-21/h4,6,11,15-16,19H,1-3,5,7-10,12-13H2. The fourth-order valence-corrected chi connectivity index (χ4v) is 4.94. The van der Waals surface area contributed by atoms with Gasteiger partial charge in [-0.25, -0.2) is 0 Å². The number of fused-ring (bicyclic) bond motifs is 3. The van der Waals surface area contributed by atoms with Crippen LogP contribution in [-0.2, 0) is 4.74 Å². The molecular weight excluding hydrogens is 332 g/mol. The topological polar surface area (TPSA) is 51.2 Å². The minimum absolute atomic E-state index is 0.0867. The van der Waals surface area contributed by atoms with Gasteiger partial charge < -0.3 is 24.0 Å². The Bertz CT molecular complexity index is 688. The third-order valence-electron chi connectivity index (χ3n) is 6.31. The van der Waals surface area contributed by atoms with Crippen molar-refractivity contribution in [3.8, 4) is 11.5 Å². The summed E-state index contributed by atoms with van der Waals surface area (Å²) < 4.78 is 17.0. The molecule has 1 saturated carbocycles. The predicted molar refractivity (Wildman–Crippen MR) is 95.5 cm³/mol. The van der Waals surface area contributed by atoms with Crippen molar-refractivity contribution in [1.29, 1.82) is 0 Å². The van der Waals surface area contributed by atoms with Crippen LogP contribution in [0.5, 0.6) is 11.5 Å². The van der Waals surface area contributed by atoms with Gasteiger partial charge in [-0.05, 0) is 57.0 Å².